The third-order valence-electron chi connectivity index (χ3n) is 4.14. The van der Waals surface area contributed by atoms with Gasteiger partial charge in [0.1, 0.15) is 5.56 Å². The maximum absolute atomic E-state index is 12.1. The van der Waals surface area contributed by atoms with E-state index >= 15 is 0 Å². The highest BCUT2D eigenvalue weighted by molar-refractivity contribution is 5.94. The van der Waals surface area contributed by atoms with Crippen molar-refractivity contribution in [3.63, 3.8) is 0 Å². The standard InChI is InChI=1S/C15H20N2O3/c18-14(16-8-10-3-2-6-20-9-10)12-7-11-4-1-5-13(11)17-15(12)19/h7,10H,1-6,8-9H2,(H,16,18)(H,17,19)/t10-/m0/s1. The second-order valence-corrected chi connectivity index (χ2v) is 5.66. The number of carbonyl (C=O) groups excluding carboxylic acids is 1. The minimum atomic E-state index is -0.275. The third kappa shape index (κ3) is 2.77. The first kappa shape index (κ1) is 13.4. The summed E-state index contributed by atoms with van der Waals surface area (Å²) in [5, 5.41) is 2.86. The number of aromatic amines is 1. The van der Waals surface area contributed by atoms with Crippen LogP contribution < -0.4 is 10.9 Å². The molecule has 20 heavy (non-hydrogen) atoms. The van der Waals surface area contributed by atoms with Crippen molar-refractivity contribution in [3.05, 3.63) is 33.2 Å². The van der Waals surface area contributed by atoms with Gasteiger partial charge in [-0.3, -0.25) is 9.59 Å². The summed E-state index contributed by atoms with van der Waals surface area (Å²) in [6.07, 6.45) is 5.02. The molecule has 3 rings (SSSR count). The van der Waals surface area contributed by atoms with E-state index in [0.717, 1.165) is 50.0 Å². The molecule has 2 N–H and O–H groups in total. The molecule has 1 amide bonds. The summed E-state index contributed by atoms with van der Waals surface area (Å²) in [7, 11) is 0. The lowest BCUT2D eigenvalue weighted by molar-refractivity contribution is 0.0536. The zero-order valence-electron chi connectivity index (χ0n) is 11.5. The lowest BCUT2D eigenvalue weighted by atomic mass is 10.0. The predicted octanol–water partition coefficient (Wildman–Crippen LogP) is 1.02. The first-order valence-electron chi connectivity index (χ1n) is 7.35. The number of ether oxygens (including phenoxy) is 1. The van der Waals surface area contributed by atoms with Crippen molar-refractivity contribution in [2.75, 3.05) is 19.8 Å². The number of amides is 1. The molecule has 1 aromatic heterocycles. The van der Waals surface area contributed by atoms with Crippen LogP contribution in [0.4, 0.5) is 0 Å². The van der Waals surface area contributed by atoms with Crippen LogP contribution in [0.2, 0.25) is 0 Å². The number of hydrogen-bond acceptors (Lipinski definition) is 3. The fourth-order valence-electron chi connectivity index (χ4n) is 2.98. The molecule has 0 bridgehead atoms. The van der Waals surface area contributed by atoms with Crippen LogP contribution in [0, 0.1) is 5.92 Å². The lowest BCUT2D eigenvalue weighted by Gasteiger charge is -2.22. The van der Waals surface area contributed by atoms with Gasteiger partial charge in [-0.1, -0.05) is 0 Å². The molecule has 5 heteroatoms. The van der Waals surface area contributed by atoms with Crippen LogP contribution in [0.3, 0.4) is 0 Å². The molecule has 1 aromatic rings. The number of hydrogen-bond donors (Lipinski definition) is 2. The number of fused-ring (bicyclic) bond motifs is 1. The van der Waals surface area contributed by atoms with Crippen molar-refractivity contribution in [1.29, 1.82) is 0 Å². The zero-order valence-corrected chi connectivity index (χ0v) is 11.5. The molecule has 0 saturated carbocycles. The van der Waals surface area contributed by atoms with Gasteiger partial charge in [0.25, 0.3) is 11.5 Å². The van der Waals surface area contributed by atoms with Crippen molar-refractivity contribution in [3.8, 4) is 0 Å². The maximum Gasteiger partial charge on any atom is 0.261 e. The van der Waals surface area contributed by atoms with E-state index in [0.29, 0.717) is 19.1 Å². The molecule has 1 aliphatic carbocycles. The second kappa shape index (κ2) is 5.79. The van der Waals surface area contributed by atoms with Gasteiger partial charge in [-0.05, 0) is 49.7 Å². The number of nitrogens with one attached hydrogen (secondary N) is 2. The number of aryl methyl sites for hydroxylation is 2. The Labute approximate surface area is 117 Å². The summed E-state index contributed by atoms with van der Waals surface area (Å²) in [5.74, 6) is 0.0905. The molecule has 0 radical (unpaired) electrons. The van der Waals surface area contributed by atoms with Gasteiger partial charge in [0.05, 0.1) is 6.61 Å². The van der Waals surface area contributed by atoms with E-state index in [9.17, 15) is 9.59 Å². The van der Waals surface area contributed by atoms with Crippen LogP contribution in [0.25, 0.3) is 0 Å². The Hall–Kier alpha value is -1.62. The molecular weight excluding hydrogens is 256 g/mol. The van der Waals surface area contributed by atoms with Crippen LogP contribution in [0.15, 0.2) is 10.9 Å². The number of pyridine rings is 1. The Kier molecular flexibility index (Phi) is 3.87. The van der Waals surface area contributed by atoms with Gasteiger partial charge in [0.15, 0.2) is 0 Å². The normalized spacial score (nSPS) is 21.5. The van der Waals surface area contributed by atoms with Crippen molar-refractivity contribution >= 4 is 5.91 Å². The van der Waals surface area contributed by atoms with Crippen LogP contribution in [-0.2, 0) is 17.6 Å². The van der Waals surface area contributed by atoms with Crippen LogP contribution in [0.5, 0.6) is 0 Å². The predicted molar refractivity (Wildman–Crippen MR) is 75.0 cm³/mol. The Morgan fingerprint density at radius 2 is 2.30 bits per heavy atom. The third-order valence-corrected chi connectivity index (χ3v) is 4.14. The molecule has 2 aliphatic rings. The summed E-state index contributed by atoms with van der Waals surface area (Å²) in [5.41, 5.74) is 2.06. The first-order valence-corrected chi connectivity index (χ1v) is 7.35. The summed E-state index contributed by atoms with van der Waals surface area (Å²) < 4.78 is 5.39. The van der Waals surface area contributed by atoms with Gasteiger partial charge in [-0.2, -0.15) is 0 Å². The van der Waals surface area contributed by atoms with Gasteiger partial charge in [0, 0.05) is 18.8 Å². The molecule has 1 atom stereocenters. The van der Waals surface area contributed by atoms with E-state index in [1.54, 1.807) is 6.07 Å². The largest absolute Gasteiger partial charge is 0.381 e. The van der Waals surface area contributed by atoms with Crippen molar-refractivity contribution < 1.29 is 9.53 Å². The van der Waals surface area contributed by atoms with E-state index in [2.05, 4.69) is 10.3 Å². The van der Waals surface area contributed by atoms with Gasteiger partial charge < -0.3 is 15.0 Å². The van der Waals surface area contributed by atoms with E-state index in [4.69, 9.17) is 4.74 Å². The fourth-order valence-corrected chi connectivity index (χ4v) is 2.98. The van der Waals surface area contributed by atoms with Gasteiger partial charge in [-0.15, -0.1) is 0 Å². The average molecular weight is 276 g/mol. The number of aromatic nitrogens is 1. The van der Waals surface area contributed by atoms with Crippen molar-refractivity contribution in [1.82, 2.24) is 10.3 Å². The number of carbonyl (C=O) groups is 1. The van der Waals surface area contributed by atoms with Gasteiger partial charge in [-0.25, -0.2) is 0 Å². The molecular formula is C15H20N2O3. The fraction of sp³-hybridized carbons (Fsp3) is 0.600. The van der Waals surface area contributed by atoms with Crippen LogP contribution >= 0.6 is 0 Å². The van der Waals surface area contributed by atoms with E-state index in [1.807, 2.05) is 0 Å². The quantitative estimate of drug-likeness (QED) is 0.866. The first-order chi connectivity index (χ1) is 9.74. The smallest absolute Gasteiger partial charge is 0.261 e. The topological polar surface area (TPSA) is 71.2 Å². The SMILES string of the molecule is O=C(NC[C@@H]1CCCOC1)c1cc2c([nH]c1=O)CCC2. The number of H-pyrrole nitrogens is 1. The van der Waals surface area contributed by atoms with Crippen LogP contribution in [-0.4, -0.2) is 30.6 Å². The van der Waals surface area contributed by atoms with Crippen LogP contribution in [0.1, 0.15) is 40.9 Å². The molecule has 0 aromatic carbocycles. The number of rotatable bonds is 3. The monoisotopic (exact) mass is 276 g/mol. The highest BCUT2D eigenvalue weighted by atomic mass is 16.5. The Balaban J connectivity index is 1.66. The molecule has 0 unspecified atom stereocenters. The minimum absolute atomic E-state index is 0.238. The highest BCUT2D eigenvalue weighted by Gasteiger charge is 2.19. The average Bonchev–Trinajstić information content (AvgIpc) is 2.92. The highest BCUT2D eigenvalue weighted by Crippen LogP contribution is 2.19. The summed E-state index contributed by atoms with van der Waals surface area (Å²) in [6, 6.07) is 1.76. The summed E-state index contributed by atoms with van der Waals surface area (Å²) in [4.78, 5) is 26.9. The summed E-state index contributed by atoms with van der Waals surface area (Å²) in [6.45, 7) is 2.09. The molecule has 108 valence electrons. The van der Waals surface area contributed by atoms with E-state index < -0.39 is 0 Å². The molecule has 0 spiro atoms. The summed E-state index contributed by atoms with van der Waals surface area (Å²) >= 11 is 0. The van der Waals surface area contributed by atoms with Crippen molar-refractivity contribution in [2.24, 2.45) is 5.92 Å². The Morgan fingerprint density at radius 3 is 3.10 bits per heavy atom. The van der Waals surface area contributed by atoms with Gasteiger partial charge >= 0.3 is 0 Å². The van der Waals surface area contributed by atoms with Crippen molar-refractivity contribution in [2.45, 2.75) is 32.1 Å². The lowest BCUT2D eigenvalue weighted by Crippen LogP contribution is -2.36. The zero-order chi connectivity index (χ0) is 13.9. The maximum atomic E-state index is 12.1. The van der Waals surface area contributed by atoms with E-state index in [1.165, 1.54) is 0 Å². The Bertz CT molecular complexity index is 559. The minimum Gasteiger partial charge on any atom is -0.381 e. The molecule has 2 heterocycles. The molecule has 1 fully saturated rings. The second-order valence-electron chi connectivity index (χ2n) is 5.66. The van der Waals surface area contributed by atoms with E-state index in [-0.39, 0.29) is 17.0 Å². The van der Waals surface area contributed by atoms with Gasteiger partial charge in [0.2, 0.25) is 0 Å². The molecule has 1 saturated heterocycles. The Morgan fingerprint density at radius 1 is 1.40 bits per heavy atom. The molecule has 5 nitrogen and oxygen atoms in total. The molecule has 1 aliphatic heterocycles.